The zero-order valence-electron chi connectivity index (χ0n) is 12.7. The van der Waals surface area contributed by atoms with Crippen LogP contribution in [-0.4, -0.2) is 48.7 Å². The second kappa shape index (κ2) is 7.21. The van der Waals surface area contributed by atoms with E-state index in [9.17, 15) is 9.59 Å². The molecule has 0 spiro atoms. The van der Waals surface area contributed by atoms with Crippen molar-refractivity contribution in [3.8, 4) is 0 Å². The fourth-order valence-corrected chi connectivity index (χ4v) is 2.67. The molecule has 1 amide bonds. The van der Waals surface area contributed by atoms with Gasteiger partial charge in [-0.2, -0.15) is 0 Å². The van der Waals surface area contributed by atoms with E-state index < -0.39 is 11.9 Å². The summed E-state index contributed by atoms with van der Waals surface area (Å²) in [5.74, 6) is -1.01. The summed E-state index contributed by atoms with van der Waals surface area (Å²) < 4.78 is 4.72. The van der Waals surface area contributed by atoms with Crippen LogP contribution < -0.4 is 5.32 Å². The van der Waals surface area contributed by atoms with Gasteiger partial charge in [-0.1, -0.05) is 23.2 Å². The van der Waals surface area contributed by atoms with Gasteiger partial charge in [0.2, 0.25) is 0 Å². The predicted octanol–water partition coefficient (Wildman–Crippen LogP) is 1.98. The summed E-state index contributed by atoms with van der Waals surface area (Å²) in [6.45, 7) is 1.79. The molecule has 124 valence electrons. The molecule has 1 aliphatic rings. The van der Waals surface area contributed by atoms with Crippen molar-refractivity contribution in [3.63, 3.8) is 0 Å². The summed E-state index contributed by atoms with van der Waals surface area (Å²) in [7, 11) is 1.24. The molecule has 0 saturated carbocycles. The highest BCUT2D eigenvalue weighted by Gasteiger charge is 2.34. The number of benzene rings is 1. The predicted molar refractivity (Wildman–Crippen MR) is 87.5 cm³/mol. The minimum absolute atomic E-state index is 0.0680. The monoisotopic (exact) mass is 358 g/mol. The second-order valence-corrected chi connectivity index (χ2v) is 5.82. The van der Waals surface area contributed by atoms with Gasteiger partial charge < -0.3 is 20.1 Å². The first-order valence-corrected chi connectivity index (χ1v) is 7.59. The minimum atomic E-state index is -0.608. The van der Waals surface area contributed by atoms with Crippen LogP contribution in [0, 0.1) is 6.92 Å². The van der Waals surface area contributed by atoms with Crippen LogP contribution in [0.1, 0.15) is 5.56 Å². The van der Waals surface area contributed by atoms with Crippen LogP contribution in [0.25, 0.3) is 0 Å². The van der Waals surface area contributed by atoms with E-state index in [1.54, 1.807) is 19.1 Å². The topological polar surface area (TPSA) is 78.9 Å². The van der Waals surface area contributed by atoms with Crippen molar-refractivity contribution in [3.05, 3.63) is 39.0 Å². The van der Waals surface area contributed by atoms with Gasteiger partial charge in [0.15, 0.2) is 0 Å². The Morgan fingerprint density at radius 1 is 1.39 bits per heavy atom. The van der Waals surface area contributed by atoms with E-state index in [2.05, 4.69) is 5.32 Å². The first-order valence-electron chi connectivity index (χ1n) is 6.83. The number of carbonyl (C=O) groups excluding carboxylic acids is 2. The lowest BCUT2D eigenvalue weighted by atomic mass is 10.2. The molecular weight excluding hydrogens is 343 g/mol. The number of hydrogen-bond donors (Lipinski definition) is 2. The number of ether oxygens (including phenoxy) is 1. The van der Waals surface area contributed by atoms with Crippen LogP contribution in [0.5, 0.6) is 0 Å². The third-order valence-corrected chi connectivity index (χ3v) is 4.18. The molecule has 2 rings (SSSR count). The van der Waals surface area contributed by atoms with Crippen LogP contribution in [0.3, 0.4) is 0 Å². The smallest absolute Gasteiger partial charge is 0.337 e. The molecule has 6 nitrogen and oxygen atoms in total. The van der Waals surface area contributed by atoms with Crippen molar-refractivity contribution in [2.24, 2.45) is 0 Å². The number of anilines is 1. The Kier molecular flexibility index (Phi) is 5.51. The van der Waals surface area contributed by atoms with E-state index >= 15 is 0 Å². The molecule has 0 atom stereocenters. The lowest BCUT2D eigenvalue weighted by molar-refractivity contribution is -0.136. The standard InChI is InChI=1S/C15H16Cl2N2O4/c1-8-5-12(11(17)6-10(8)16)18-13-9(15(22)23-2)7-19(3-4-20)14(13)21/h5-6,18,20H,3-4,7H2,1-2H3. The number of aliphatic hydroxyl groups is 1. The fourth-order valence-electron chi connectivity index (χ4n) is 2.24. The Balaban J connectivity index is 2.39. The van der Waals surface area contributed by atoms with Gasteiger partial charge in [0.05, 0.1) is 36.5 Å². The Morgan fingerprint density at radius 3 is 2.70 bits per heavy atom. The van der Waals surface area contributed by atoms with Crippen LogP contribution in [0.4, 0.5) is 5.69 Å². The van der Waals surface area contributed by atoms with Gasteiger partial charge in [-0.05, 0) is 24.6 Å². The largest absolute Gasteiger partial charge is 0.466 e. The molecule has 2 N–H and O–H groups in total. The molecule has 0 fully saturated rings. The van der Waals surface area contributed by atoms with Crippen LogP contribution in [0.15, 0.2) is 23.4 Å². The normalized spacial score (nSPS) is 14.5. The number of halogens is 2. The van der Waals surface area contributed by atoms with Crippen molar-refractivity contribution >= 4 is 40.8 Å². The first kappa shape index (κ1) is 17.6. The molecule has 0 saturated heterocycles. The number of amides is 1. The number of methoxy groups -OCH3 is 1. The number of β-amino-alcohol motifs (C(OH)–C–C–N with tert-alkyl or cyclic N) is 1. The van der Waals surface area contributed by atoms with Crippen LogP contribution >= 0.6 is 23.2 Å². The molecule has 1 aromatic carbocycles. The molecule has 0 aromatic heterocycles. The Labute approximate surface area is 143 Å². The summed E-state index contributed by atoms with van der Waals surface area (Å²) in [6.07, 6.45) is 0. The molecular formula is C15H16Cl2N2O4. The molecule has 0 unspecified atom stereocenters. The van der Waals surface area contributed by atoms with Gasteiger partial charge in [0.1, 0.15) is 5.70 Å². The summed E-state index contributed by atoms with van der Waals surface area (Å²) in [6, 6.07) is 3.25. The van der Waals surface area contributed by atoms with Crippen molar-refractivity contribution < 1.29 is 19.4 Å². The van der Waals surface area contributed by atoms with E-state index in [-0.39, 0.29) is 31.0 Å². The summed E-state index contributed by atoms with van der Waals surface area (Å²) in [5, 5.41) is 12.8. The fraction of sp³-hybridized carbons (Fsp3) is 0.333. The number of esters is 1. The van der Waals surface area contributed by atoms with Gasteiger partial charge in [-0.25, -0.2) is 4.79 Å². The number of hydrogen-bond acceptors (Lipinski definition) is 5. The van der Waals surface area contributed by atoms with Crippen molar-refractivity contribution in [2.45, 2.75) is 6.92 Å². The van der Waals surface area contributed by atoms with E-state index in [1.807, 2.05) is 0 Å². The third-order valence-electron chi connectivity index (χ3n) is 3.46. The SMILES string of the molecule is COC(=O)C1=C(Nc2cc(C)c(Cl)cc2Cl)C(=O)N(CCO)C1. The average Bonchev–Trinajstić information content (AvgIpc) is 2.81. The van der Waals surface area contributed by atoms with E-state index in [0.29, 0.717) is 15.7 Å². The molecule has 1 heterocycles. The van der Waals surface area contributed by atoms with E-state index in [4.69, 9.17) is 33.0 Å². The highest BCUT2D eigenvalue weighted by Crippen LogP contribution is 2.31. The molecule has 0 aliphatic carbocycles. The van der Waals surface area contributed by atoms with E-state index in [0.717, 1.165) is 5.56 Å². The van der Waals surface area contributed by atoms with Gasteiger partial charge in [-0.15, -0.1) is 0 Å². The summed E-state index contributed by atoms with van der Waals surface area (Å²) in [5.41, 5.74) is 1.52. The molecule has 1 aliphatic heterocycles. The number of nitrogens with zero attached hydrogens (tertiary/aromatic N) is 1. The van der Waals surface area contributed by atoms with Gasteiger partial charge in [0, 0.05) is 11.6 Å². The van der Waals surface area contributed by atoms with Gasteiger partial charge in [-0.3, -0.25) is 4.79 Å². The number of aliphatic hydroxyl groups excluding tert-OH is 1. The van der Waals surface area contributed by atoms with Crippen LogP contribution in [-0.2, 0) is 14.3 Å². The maximum Gasteiger partial charge on any atom is 0.337 e. The lowest BCUT2D eigenvalue weighted by Gasteiger charge is -2.15. The number of aryl methyl sites for hydroxylation is 1. The number of nitrogens with one attached hydrogen (secondary N) is 1. The summed E-state index contributed by atoms with van der Waals surface area (Å²) >= 11 is 12.1. The Hall–Kier alpha value is -1.76. The van der Waals surface area contributed by atoms with Crippen molar-refractivity contribution in [1.82, 2.24) is 4.90 Å². The zero-order valence-corrected chi connectivity index (χ0v) is 14.2. The number of carbonyl (C=O) groups is 2. The first-order chi connectivity index (χ1) is 10.9. The highest BCUT2D eigenvalue weighted by molar-refractivity contribution is 6.37. The quantitative estimate of drug-likeness (QED) is 0.786. The maximum absolute atomic E-state index is 12.4. The molecule has 0 bridgehead atoms. The highest BCUT2D eigenvalue weighted by atomic mass is 35.5. The summed E-state index contributed by atoms with van der Waals surface area (Å²) in [4.78, 5) is 25.7. The zero-order chi connectivity index (χ0) is 17.1. The number of rotatable bonds is 5. The van der Waals surface area contributed by atoms with Gasteiger partial charge >= 0.3 is 5.97 Å². The molecule has 0 radical (unpaired) electrons. The Morgan fingerprint density at radius 2 is 2.09 bits per heavy atom. The van der Waals surface area contributed by atoms with Crippen molar-refractivity contribution in [2.75, 3.05) is 32.1 Å². The molecule has 23 heavy (non-hydrogen) atoms. The van der Waals surface area contributed by atoms with E-state index in [1.165, 1.54) is 12.0 Å². The second-order valence-electron chi connectivity index (χ2n) is 5.00. The Bertz CT molecular complexity index is 688. The molecule has 8 heteroatoms. The lowest BCUT2D eigenvalue weighted by Crippen LogP contribution is -2.31. The van der Waals surface area contributed by atoms with Crippen molar-refractivity contribution in [1.29, 1.82) is 0 Å². The van der Waals surface area contributed by atoms with Gasteiger partial charge in [0.25, 0.3) is 5.91 Å². The van der Waals surface area contributed by atoms with Crippen LogP contribution in [0.2, 0.25) is 10.0 Å². The minimum Gasteiger partial charge on any atom is -0.466 e. The maximum atomic E-state index is 12.4. The molecule has 1 aromatic rings. The third kappa shape index (κ3) is 3.60. The average molecular weight is 359 g/mol.